The van der Waals surface area contributed by atoms with Gasteiger partial charge in [0, 0.05) is 75.4 Å². The van der Waals surface area contributed by atoms with Crippen molar-refractivity contribution in [3.05, 3.63) is 277 Å². The van der Waals surface area contributed by atoms with Gasteiger partial charge in [-0.1, -0.05) is 121 Å². The molecule has 12 aromatic carbocycles. The number of aryl methyl sites for hydroxylation is 8. The SMILES string of the molecule is Cc1oc2ccccc2c1N(c1c(C)oc2ccccc12)c1cc(N(c2c(C)oc3ccccc23)c2c(C)oc3ccccc23)c2ccc3c(N(c4c(C)oc5ccccc45)c4c(C)oc5ccccc45)cc(N(c4c(C)oc5ccccc45)c4c(C)oc5ccccc45)c4ccc1c2c43. The highest BCUT2D eigenvalue weighted by Crippen LogP contribution is 2.61. The highest BCUT2D eigenvalue weighted by molar-refractivity contribution is 6.34. The first-order chi connectivity index (χ1) is 48.9. The van der Waals surface area contributed by atoms with E-state index in [4.69, 9.17) is 35.3 Å². The van der Waals surface area contributed by atoms with E-state index in [1.165, 1.54) is 0 Å². The van der Waals surface area contributed by atoms with Crippen molar-refractivity contribution in [2.45, 2.75) is 55.4 Å². The average molecular weight is 1300 g/mol. The minimum atomic E-state index is 0.731. The van der Waals surface area contributed by atoms with E-state index in [0.717, 1.165) is 234 Å². The van der Waals surface area contributed by atoms with Crippen molar-refractivity contribution in [1.29, 1.82) is 0 Å². The molecular formula is C88H62N4O8. The number of nitrogens with zero attached hydrogens (tertiary/aromatic N) is 4. The van der Waals surface area contributed by atoms with E-state index in [1.807, 2.05) is 97.1 Å². The maximum absolute atomic E-state index is 6.94. The molecule has 0 atom stereocenters. The van der Waals surface area contributed by atoms with Crippen LogP contribution in [0, 0.1) is 55.4 Å². The van der Waals surface area contributed by atoms with Gasteiger partial charge in [0.15, 0.2) is 0 Å². The summed E-state index contributed by atoms with van der Waals surface area (Å²) in [7, 11) is 0. The number of rotatable bonds is 12. The molecule has 0 bridgehead atoms. The molecule has 0 aliphatic rings. The van der Waals surface area contributed by atoms with Crippen LogP contribution in [0.25, 0.3) is 120 Å². The molecule has 0 fully saturated rings. The van der Waals surface area contributed by atoms with Gasteiger partial charge in [0.25, 0.3) is 0 Å². The molecule has 482 valence electrons. The van der Waals surface area contributed by atoms with Crippen molar-refractivity contribution in [3.8, 4) is 0 Å². The van der Waals surface area contributed by atoms with Gasteiger partial charge in [-0.25, -0.2) is 0 Å². The standard InChI is InChI=1S/C88H62N4O8/c1-47-81(59-25-9-17-33-71(59)93-47)89(82-48(2)94-72-34-18-10-26-60(72)82)67-45-68(90(83-49(3)95-73-35-19-11-27-61(73)83)84-50(4)96-74-36-20-12-28-62(74)84)56-43-44-58-70(92(87-53(7)99-77-39-23-15-31-65(77)87)88-54(8)100-78-40-24-16-32-66(78)88)46-69(57-42-41-55(67)79(56)80(57)58)91(85-51(5)97-75-37-21-13-29-63(75)85)86-52(6)98-76-38-22-14-30-64(76)86/h9-46H,1-8H3. The number of benzene rings is 12. The predicted molar refractivity (Wildman–Crippen MR) is 405 cm³/mol. The summed E-state index contributed by atoms with van der Waals surface area (Å²) in [5.41, 5.74) is 16.5. The summed E-state index contributed by atoms with van der Waals surface area (Å²) >= 11 is 0. The number of anilines is 12. The van der Waals surface area contributed by atoms with E-state index in [2.05, 4.69) is 208 Å². The van der Waals surface area contributed by atoms with Crippen molar-refractivity contribution in [1.82, 2.24) is 0 Å². The molecular weight excluding hydrogens is 1240 g/mol. The quantitative estimate of drug-likeness (QED) is 0.108. The van der Waals surface area contributed by atoms with Crippen LogP contribution in [0.5, 0.6) is 0 Å². The Morgan fingerprint density at radius 1 is 0.170 bits per heavy atom. The lowest BCUT2D eigenvalue weighted by Gasteiger charge is -2.34. The molecule has 0 N–H and O–H groups in total. The lowest BCUT2D eigenvalue weighted by Crippen LogP contribution is -2.17. The maximum Gasteiger partial charge on any atom is 0.136 e. The fraction of sp³-hybridized carbons (Fsp3) is 0.0909. The Morgan fingerprint density at radius 3 is 0.460 bits per heavy atom. The Bertz CT molecular complexity index is 5650. The summed E-state index contributed by atoms with van der Waals surface area (Å²) in [6.07, 6.45) is 0. The minimum Gasteiger partial charge on any atom is -0.459 e. The number of furan rings is 8. The number of hydrogen-bond acceptors (Lipinski definition) is 12. The van der Waals surface area contributed by atoms with Crippen molar-refractivity contribution in [2.24, 2.45) is 0 Å². The van der Waals surface area contributed by atoms with Gasteiger partial charge >= 0.3 is 0 Å². The van der Waals surface area contributed by atoms with Crippen LogP contribution in [-0.4, -0.2) is 0 Å². The van der Waals surface area contributed by atoms with Crippen LogP contribution in [-0.2, 0) is 0 Å². The molecule has 20 rings (SSSR count). The van der Waals surface area contributed by atoms with Crippen molar-refractivity contribution < 1.29 is 35.3 Å². The molecule has 0 amide bonds. The second-order valence-electron chi connectivity index (χ2n) is 26.3. The van der Waals surface area contributed by atoms with Crippen LogP contribution < -0.4 is 19.6 Å². The van der Waals surface area contributed by atoms with Gasteiger partial charge in [-0.3, -0.25) is 0 Å². The van der Waals surface area contributed by atoms with Crippen LogP contribution in [0.1, 0.15) is 46.1 Å². The second kappa shape index (κ2) is 21.3. The third-order valence-electron chi connectivity index (χ3n) is 20.5. The Morgan fingerprint density at radius 2 is 0.310 bits per heavy atom. The number of fused-ring (bicyclic) bond motifs is 8. The van der Waals surface area contributed by atoms with Gasteiger partial charge < -0.3 is 54.9 Å². The molecule has 8 aromatic heterocycles. The second-order valence-corrected chi connectivity index (χ2v) is 26.3. The van der Waals surface area contributed by atoms with Crippen LogP contribution in [0.4, 0.5) is 68.2 Å². The van der Waals surface area contributed by atoms with Crippen LogP contribution in [0.15, 0.2) is 266 Å². The Balaban J connectivity index is 1.04. The molecule has 12 nitrogen and oxygen atoms in total. The molecule has 20 aromatic rings. The Kier molecular flexibility index (Phi) is 12.3. The first-order valence-electron chi connectivity index (χ1n) is 33.8. The lowest BCUT2D eigenvalue weighted by molar-refractivity contribution is 0.575. The van der Waals surface area contributed by atoms with Gasteiger partial charge in [-0.15, -0.1) is 0 Å². The Labute approximate surface area is 572 Å². The predicted octanol–water partition coefficient (Wildman–Crippen LogP) is 26.9. The fourth-order valence-electron chi connectivity index (χ4n) is 16.5. The zero-order valence-corrected chi connectivity index (χ0v) is 56.0. The summed E-state index contributed by atoms with van der Waals surface area (Å²) in [6, 6.07) is 80.6. The summed E-state index contributed by atoms with van der Waals surface area (Å²) in [6.45, 7) is 16.5. The summed E-state index contributed by atoms with van der Waals surface area (Å²) < 4.78 is 55.5. The average Bonchev–Trinajstić information content (AvgIpc) is 0.925. The summed E-state index contributed by atoms with van der Waals surface area (Å²) in [5.74, 6) is 5.85. The van der Waals surface area contributed by atoms with Gasteiger partial charge in [0.1, 0.15) is 90.7 Å². The maximum atomic E-state index is 6.94. The molecule has 0 saturated heterocycles. The molecule has 8 heterocycles. The van der Waals surface area contributed by atoms with E-state index in [0.29, 0.717) is 0 Å². The molecule has 12 heteroatoms. The van der Waals surface area contributed by atoms with Gasteiger partial charge in [0.2, 0.25) is 0 Å². The molecule has 0 aliphatic heterocycles. The zero-order chi connectivity index (χ0) is 67.1. The summed E-state index contributed by atoms with van der Waals surface area (Å²) in [4.78, 5) is 9.61. The van der Waals surface area contributed by atoms with E-state index in [-0.39, 0.29) is 0 Å². The summed E-state index contributed by atoms with van der Waals surface area (Å²) in [5, 5.41) is 13.3. The molecule has 100 heavy (non-hydrogen) atoms. The van der Waals surface area contributed by atoms with Crippen molar-refractivity contribution >= 4 is 188 Å². The fourth-order valence-corrected chi connectivity index (χ4v) is 16.5. The van der Waals surface area contributed by atoms with Gasteiger partial charge in [-0.05, 0) is 165 Å². The van der Waals surface area contributed by atoms with Gasteiger partial charge in [0.05, 0.1) is 68.2 Å². The third kappa shape index (κ3) is 8.09. The third-order valence-corrected chi connectivity index (χ3v) is 20.5. The van der Waals surface area contributed by atoms with E-state index < -0.39 is 0 Å². The van der Waals surface area contributed by atoms with Crippen molar-refractivity contribution in [3.63, 3.8) is 0 Å². The number of hydrogen-bond donors (Lipinski definition) is 0. The minimum absolute atomic E-state index is 0.731. The molecule has 0 saturated carbocycles. The van der Waals surface area contributed by atoms with E-state index in [1.54, 1.807) is 0 Å². The van der Waals surface area contributed by atoms with Crippen LogP contribution in [0.3, 0.4) is 0 Å². The first-order valence-corrected chi connectivity index (χ1v) is 33.8. The smallest absolute Gasteiger partial charge is 0.136 e. The first kappa shape index (κ1) is 57.4. The van der Waals surface area contributed by atoms with Crippen LogP contribution in [0.2, 0.25) is 0 Å². The Hall–Kier alpha value is -12.8. The lowest BCUT2D eigenvalue weighted by atomic mass is 9.88. The molecule has 0 spiro atoms. The molecule has 0 aliphatic carbocycles. The van der Waals surface area contributed by atoms with Crippen LogP contribution >= 0.6 is 0 Å². The highest BCUT2D eigenvalue weighted by Gasteiger charge is 2.38. The zero-order valence-electron chi connectivity index (χ0n) is 56.0. The topological polar surface area (TPSA) is 118 Å². The normalized spacial score (nSPS) is 12.2. The monoisotopic (exact) mass is 1300 g/mol. The molecule has 0 radical (unpaired) electrons. The number of para-hydroxylation sites is 8. The molecule has 0 unspecified atom stereocenters. The van der Waals surface area contributed by atoms with E-state index >= 15 is 0 Å². The van der Waals surface area contributed by atoms with Gasteiger partial charge in [-0.2, -0.15) is 0 Å². The largest absolute Gasteiger partial charge is 0.459 e. The van der Waals surface area contributed by atoms with E-state index in [9.17, 15) is 0 Å². The van der Waals surface area contributed by atoms with Crippen molar-refractivity contribution in [2.75, 3.05) is 19.6 Å². The highest BCUT2D eigenvalue weighted by atomic mass is 16.4.